The van der Waals surface area contributed by atoms with E-state index in [0.29, 0.717) is 6.54 Å². The molecule has 0 aliphatic carbocycles. The van der Waals surface area contributed by atoms with Crippen LogP contribution in [0.5, 0.6) is 0 Å². The molecule has 2 aliphatic heterocycles. The minimum atomic E-state index is 0.0888. The number of morpholine rings is 1. The monoisotopic (exact) mass is 337 g/mol. The number of amides is 1. The van der Waals surface area contributed by atoms with Gasteiger partial charge in [-0.25, -0.2) is 0 Å². The van der Waals surface area contributed by atoms with Gasteiger partial charge in [0.25, 0.3) is 0 Å². The molecule has 2 N–H and O–H groups in total. The molecule has 1 aromatic rings. The van der Waals surface area contributed by atoms with E-state index in [2.05, 4.69) is 15.5 Å². The third kappa shape index (κ3) is 4.23. The molecule has 126 valence electrons. The highest BCUT2D eigenvalue weighted by Crippen LogP contribution is 2.27. The Balaban J connectivity index is 1.69. The number of ether oxygens (including phenoxy) is 1. The molecule has 0 bridgehead atoms. The highest BCUT2D eigenvalue weighted by Gasteiger charge is 2.27. The molecule has 0 radical (unpaired) electrons. The number of benzene rings is 1. The first kappa shape index (κ1) is 16.7. The average Bonchev–Trinajstić information content (AvgIpc) is 3.12. The van der Waals surface area contributed by atoms with Gasteiger partial charge in [0, 0.05) is 31.2 Å². The van der Waals surface area contributed by atoms with Crippen molar-refractivity contribution in [3.8, 4) is 0 Å². The molecule has 2 aliphatic rings. The molecular formula is C17H24ClN3O2. The number of carbonyl (C=O) groups is 1. The van der Waals surface area contributed by atoms with Crippen molar-refractivity contribution in [2.24, 2.45) is 5.92 Å². The quantitative estimate of drug-likeness (QED) is 0.853. The smallest absolute Gasteiger partial charge is 0.224 e. The van der Waals surface area contributed by atoms with Crippen molar-refractivity contribution in [2.75, 3.05) is 45.9 Å². The topological polar surface area (TPSA) is 53.6 Å². The lowest BCUT2D eigenvalue weighted by Crippen LogP contribution is -2.45. The predicted molar refractivity (Wildman–Crippen MR) is 90.6 cm³/mol. The summed E-state index contributed by atoms with van der Waals surface area (Å²) in [6, 6.07) is 7.98. The van der Waals surface area contributed by atoms with Gasteiger partial charge in [-0.15, -0.1) is 0 Å². The predicted octanol–water partition coefficient (Wildman–Crippen LogP) is 1.44. The van der Waals surface area contributed by atoms with Crippen LogP contribution in [0.4, 0.5) is 0 Å². The fourth-order valence-corrected chi connectivity index (χ4v) is 3.55. The first-order valence-corrected chi connectivity index (χ1v) is 8.68. The van der Waals surface area contributed by atoms with Crippen LogP contribution in [-0.4, -0.2) is 56.7 Å². The fraction of sp³-hybridized carbons (Fsp3) is 0.588. The molecule has 2 atom stereocenters. The number of hydrogen-bond acceptors (Lipinski definition) is 4. The van der Waals surface area contributed by atoms with Gasteiger partial charge in [-0.3, -0.25) is 9.69 Å². The summed E-state index contributed by atoms with van der Waals surface area (Å²) in [5.41, 5.74) is 1.07. The van der Waals surface area contributed by atoms with E-state index in [0.717, 1.165) is 56.4 Å². The summed E-state index contributed by atoms with van der Waals surface area (Å²) in [6.07, 6.45) is 0.917. The number of carbonyl (C=O) groups excluding carboxylic acids is 1. The lowest BCUT2D eigenvalue weighted by Gasteiger charge is -2.35. The van der Waals surface area contributed by atoms with Crippen molar-refractivity contribution in [3.05, 3.63) is 34.9 Å². The van der Waals surface area contributed by atoms with Gasteiger partial charge in [0.05, 0.1) is 25.2 Å². The first-order valence-electron chi connectivity index (χ1n) is 8.30. The lowest BCUT2D eigenvalue weighted by atomic mass is 10.0. The van der Waals surface area contributed by atoms with Gasteiger partial charge in [0.1, 0.15) is 0 Å². The molecule has 0 aromatic heterocycles. The molecule has 1 amide bonds. The SMILES string of the molecule is O=C(NCC(c1ccccc1Cl)N1CCOCC1)C1CCNC1. The van der Waals surface area contributed by atoms with E-state index >= 15 is 0 Å². The van der Waals surface area contributed by atoms with Crippen molar-refractivity contribution >= 4 is 17.5 Å². The second kappa shape index (κ2) is 8.11. The minimum absolute atomic E-state index is 0.0888. The summed E-state index contributed by atoms with van der Waals surface area (Å²) in [7, 11) is 0. The molecule has 5 nitrogen and oxygen atoms in total. The zero-order valence-corrected chi connectivity index (χ0v) is 14.0. The van der Waals surface area contributed by atoms with E-state index < -0.39 is 0 Å². The Labute approximate surface area is 142 Å². The zero-order valence-electron chi connectivity index (χ0n) is 13.3. The normalized spacial score (nSPS) is 23.6. The number of hydrogen-bond donors (Lipinski definition) is 2. The Kier molecular flexibility index (Phi) is 5.89. The number of nitrogens with zero attached hydrogens (tertiary/aromatic N) is 1. The largest absolute Gasteiger partial charge is 0.379 e. The number of nitrogens with one attached hydrogen (secondary N) is 2. The van der Waals surface area contributed by atoms with Crippen LogP contribution in [0.15, 0.2) is 24.3 Å². The van der Waals surface area contributed by atoms with Crippen LogP contribution in [0, 0.1) is 5.92 Å². The Bertz CT molecular complexity index is 528. The van der Waals surface area contributed by atoms with Crippen LogP contribution in [0.2, 0.25) is 5.02 Å². The minimum Gasteiger partial charge on any atom is -0.379 e. The van der Waals surface area contributed by atoms with Crippen LogP contribution >= 0.6 is 11.6 Å². The first-order chi connectivity index (χ1) is 11.3. The molecule has 2 fully saturated rings. The third-order valence-corrected chi connectivity index (χ3v) is 5.00. The molecule has 6 heteroatoms. The van der Waals surface area contributed by atoms with E-state index in [1.54, 1.807) is 0 Å². The maximum absolute atomic E-state index is 12.3. The second-order valence-corrected chi connectivity index (χ2v) is 6.53. The summed E-state index contributed by atoms with van der Waals surface area (Å²) in [5, 5.41) is 7.11. The maximum atomic E-state index is 12.3. The molecular weight excluding hydrogens is 314 g/mol. The van der Waals surface area contributed by atoms with Crippen molar-refractivity contribution in [1.82, 2.24) is 15.5 Å². The van der Waals surface area contributed by atoms with Crippen molar-refractivity contribution in [1.29, 1.82) is 0 Å². The van der Waals surface area contributed by atoms with E-state index in [1.165, 1.54) is 0 Å². The lowest BCUT2D eigenvalue weighted by molar-refractivity contribution is -0.124. The molecule has 2 saturated heterocycles. The van der Waals surface area contributed by atoms with E-state index in [9.17, 15) is 4.79 Å². The number of rotatable bonds is 5. The highest BCUT2D eigenvalue weighted by atomic mass is 35.5. The Morgan fingerprint density at radius 3 is 2.87 bits per heavy atom. The van der Waals surface area contributed by atoms with Crippen molar-refractivity contribution in [3.63, 3.8) is 0 Å². The molecule has 23 heavy (non-hydrogen) atoms. The summed E-state index contributed by atoms with van der Waals surface area (Å²) in [6.45, 7) is 5.45. The molecule has 2 heterocycles. The van der Waals surface area contributed by atoms with Gasteiger partial charge in [-0.05, 0) is 24.6 Å². The highest BCUT2D eigenvalue weighted by molar-refractivity contribution is 6.31. The molecule has 3 rings (SSSR count). The van der Waals surface area contributed by atoms with Crippen molar-refractivity contribution < 1.29 is 9.53 Å². The van der Waals surface area contributed by atoms with Gasteiger partial charge in [0.15, 0.2) is 0 Å². The summed E-state index contributed by atoms with van der Waals surface area (Å²) in [5.74, 6) is 0.229. The van der Waals surface area contributed by atoms with E-state index in [1.807, 2.05) is 24.3 Å². The van der Waals surface area contributed by atoms with Crippen LogP contribution < -0.4 is 10.6 Å². The number of halogens is 1. The zero-order chi connectivity index (χ0) is 16.1. The summed E-state index contributed by atoms with van der Waals surface area (Å²) < 4.78 is 5.45. The van der Waals surface area contributed by atoms with Crippen LogP contribution in [0.3, 0.4) is 0 Å². The van der Waals surface area contributed by atoms with Gasteiger partial charge in [-0.2, -0.15) is 0 Å². The fourth-order valence-electron chi connectivity index (χ4n) is 3.29. The van der Waals surface area contributed by atoms with Gasteiger partial charge in [-0.1, -0.05) is 29.8 Å². The average molecular weight is 338 g/mol. The van der Waals surface area contributed by atoms with Gasteiger partial charge < -0.3 is 15.4 Å². The Hall–Kier alpha value is -1.14. The van der Waals surface area contributed by atoms with E-state index in [-0.39, 0.29) is 17.9 Å². The molecule has 0 saturated carbocycles. The maximum Gasteiger partial charge on any atom is 0.224 e. The summed E-state index contributed by atoms with van der Waals surface area (Å²) >= 11 is 6.40. The third-order valence-electron chi connectivity index (χ3n) is 4.65. The van der Waals surface area contributed by atoms with E-state index in [4.69, 9.17) is 16.3 Å². The second-order valence-electron chi connectivity index (χ2n) is 6.12. The van der Waals surface area contributed by atoms with Crippen LogP contribution in [0.1, 0.15) is 18.0 Å². The van der Waals surface area contributed by atoms with Crippen molar-refractivity contribution in [2.45, 2.75) is 12.5 Å². The van der Waals surface area contributed by atoms with Crippen LogP contribution in [0.25, 0.3) is 0 Å². The van der Waals surface area contributed by atoms with Crippen LogP contribution in [-0.2, 0) is 9.53 Å². The van der Waals surface area contributed by atoms with Gasteiger partial charge >= 0.3 is 0 Å². The molecule has 0 spiro atoms. The standard InChI is InChI=1S/C17H24ClN3O2/c18-15-4-2-1-3-14(15)16(21-7-9-23-10-8-21)12-20-17(22)13-5-6-19-11-13/h1-4,13,16,19H,5-12H2,(H,20,22). The Morgan fingerprint density at radius 1 is 1.39 bits per heavy atom. The summed E-state index contributed by atoms with van der Waals surface area (Å²) in [4.78, 5) is 14.7. The molecule has 2 unspecified atom stereocenters. The van der Waals surface area contributed by atoms with Gasteiger partial charge in [0.2, 0.25) is 5.91 Å². The molecule has 1 aromatic carbocycles. The Morgan fingerprint density at radius 2 is 2.17 bits per heavy atom.